The number of aromatic nitrogens is 1. The number of para-hydroxylation sites is 3. The maximum Gasteiger partial charge on any atom is 0.0541 e. The van der Waals surface area contributed by atoms with E-state index in [0.717, 1.165) is 17.1 Å². The van der Waals surface area contributed by atoms with Gasteiger partial charge in [0.05, 0.1) is 16.7 Å². The molecule has 2 heterocycles. The van der Waals surface area contributed by atoms with Gasteiger partial charge in [-0.3, -0.25) is 0 Å². The Hall–Kier alpha value is -7.72. The summed E-state index contributed by atoms with van der Waals surface area (Å²) in [6.07, 6.45) is 6.47. The van der Waals surface area contributed by atoms with Crippen LogP contribution in [0.2, 0.25) is 0 Å². The normalized spacial score (nSPS) is 13.3. The molecule has 1 aliphatic carbocycles. The fourth-order valence-corrected chi connectivity index (χ4v) is 12.5. The van der Waals surface area contributed by atoms with E-state index in [4.69, 9.17) is 0 Å². The fourth-order valence-electron chi connectivity index (χ4n) is 11.3. The summed E-state index contributed by atoms with van der Waals surface area (Å²) in [5, 5.41) is 7.86. The summed E-state index contributed by atoms with van der Waals surface area (Å²) in [6.45, 7) is 0. The highest BCUT2D eigenvalue weighted by Gasteiger charge is 2.24. The Labute approximate surface area is 395 Å². The molecule has 0 aliphatic heterocycles. The molecule has 0 atom stereocenters. The van der Waals surface area contributed by atoms with Crippen LogP contribution in [0.25, 0.3) is 91.8 Å². The Morgan fingerprint density at radius 2 is 1.09 bits per heavy atom. The Morgan fingerprint density at radius 3 is 1.97 bits per heavy atom. The molecule has 0 radical (unpaired) electrons. The zero-order valence-electron chi connectivity index (χ0n) is 37.3. The predicted octanol–water partition coefficient (Wildman–Crippen LogP) is 18.8. The summed E-state index contributed by atoms with van der Waals surface area (Å²) >= 11 is 1.89. The van der Waals surface area contributed by atoms with E-state index in [-0.39, 0.29) is 0 Å². The molecule has 2 aromatic heterocycles. The number of thiophene rings is 1. The number of nitrogens with zero attached hydrogens (tertiary/aromatic N) is 2. The van der Waals surface area contributed by atoms with Gasteiger partial charge in [-0.1, -0.05) is 177 Å². The van der Waals surface area contributed by atoms with Gasteiger partial charge in [0.15, 0.2) is 0 Å². The van der Waals surface area contributed by atoms with Gasteiger partial charge in [0, 0.05) is 53.6 Å². The maximum absolute atomic E-state index is 2.49. The zero-order chi connectivity index (χ0) is 44.3. The SMILES string of the molecule is c1ccc(-n2c3ccccc3c3cc(-c4ccc(N(c5cccc(-c6cccc7c6sc6ccccc67)c5)c5ccccc5-c5cccc6cccc(C7CCCCC7)c56)cc4)ccc32)cc1. The summed E-state index contributed by atoms with van der Waals surface area (Å²) in [4.78, 5) is 2.49. The second kappa shape index (κ2) is 16.6. The summed E-state index contributed by atoms with van der Waals surface area (Å²) < 4.78 is 5.03. The van der Waals surface area contributed by atoms with Crippen molar-refractivity contribution < 1.29 is 0 Å². The van der Waals surface area contributed by atoms with Gasteiger partial charge in [-0.15, -0.1) is 11.3 Å². The number of hydrogen-bond donors (Lipinski definition) is 0. The quantitative estimate of drug-likeness (QED) is 0.148. The molecule has 3 heteroatoms. The number of fused-ring (bicyclic) bond motifs is 7. The average molecular weight is 877 g/mol. The van der Waals surface area contributed by atoms with Gasteiger partial charge in [0.2, 0.25) is 0 Å². The van der Waals surface area contributed by atoms with E-state index < -0.39 is 0 Å². The fraction of sp³-hybridized carbons (Fsp3) is 0.0938. The smallest absolute Gasteiger partial charge is 0.0541 e. The van der Waals surface area contributed by atoms with Crippen LogP contribution in [0, 0.1) is 0 Å². The molecular formula is C64H48N2S. The third-order valence-electron chi connectivity index (χ3n) is 14.4. The molecule has 1 aliphatic rings. The number of anilines is 3. The van der Waals surface area contributed by atoms with Crippen LogP contribution in [0.4, 0.5) is 17.1 Å². The lowest BCUT2D eigenvalue weighted by atomic mass is 9.80. The Kier molecular flexibility index (Phi) is 9.83. The minimum Gasteiger partial charge on any atom is -0.310 e. The van der Waals surface area contributed by atoms with Crippen molar-refractivity contribution in [2.45, 2.75) is 38.0 Å². The van der Waals surface area contributed by atoms with Crippen molar-refractivity contribution >= 4 is 81.1 Å². The van der Waals surface area contributed by atoms with Gasteiger partial charge < -0.3 is 9.47 Å². The van der Waals surface area contributed by atoms with Crippen LogP contribution in [0.15, 0.2) is 224 Å². The first-order valence-electron chi connectivity index (χ1n) is 23.9. The van der Waals surface area contributed by atoms with Crippen molar-refractivity contribution in [2.75, 3.05) is 4.90 Å². The molecule has 10 aromatic carbocycles. The first-order chi connectivity index (χ1) is 33.2. The minimum atomic E-state index is 0.580. The third kappa shape index (κ3) is 6.84. The third-order valence-corrected chi connectivity index (χ3v) is 15.6. The minimum absolute atomic E-state index is 0.580. The molecular weight excluding hydrogens is 829 g/mol. The van der Waals surface area contributed by atoms with Gasteiger partial charge in [0.1, 0.15) is 0 Å². The van der Waals surface area contributed by atoms with E-state index in [2.05, 4.69) is 234 Å². The molecule has 320 valence electrons. The lowest BCUT2D eigenvalue weighted by Crippen LogP contribution is -2.11. The highest BCUT2D eigenvalue weighted by Crippen LogP contribution is 2.48. The van der Waals surface area contributed by atoms with Crippen LogP contribution in [0.3, 0.4) is 0 Å². The Morgan fingerprint density at radius 1 is 0.418 bits per heavy atom. The van der Waals surface area contributed by atoms with Crippen LogP contribution in [0.1, 0.15) is 43.6 Å². The molecule has 13 rings (SSSR count). The second-order valence-electron chi connectivity index (χ2n) is 18.2. The highest BCUT2D eigenvalue weighted by atomic mass is 32.1. The summed E-state index contributed by atoms with van der Waals surface area (Å²) in [6, 6.07) is 83.5. The first kappa shape index (κ1) is 39.6. The molecule has 0 bridgehead atoms. The van der Waals surface area contributed by atoms with Crippen molar-refractivity contribution in [3.8, 4) is 39.1 Å². The largest absolute Gasteiger partial charge is 0.310 e. The first-order valence-corrected chi connectivity index (χ1v) is 24.7. The molecule has 0 spiro atoms. The van der Waals surface area contributed by atoms with Gasteiger partial charge in [-0.25, -0.2) is 0 Å². The Bertz CT molecular complexity index is 3790. The molecule has 67 heavy (non-hydrogen) atoms. The molecule has 0 unspecified atom stereocenters. The van der Waals surface area contributed by atoms with E-state index in [9.17, 15) is 0 Å². The lowest BCUT2D eigenvalue weighted by Gasteiger charge is -2.29. The van der Waals surface area contributed by atoms with Crippen molar-refractivity contribution in [3.05, 3.63) is 230 Å². The van der Waals surface area contributed by atoms with Crippen molar-refractivity contribution in [2.24, 2.45) is 0 Å². The summed E-state index contributed by atoms with van der Waals surface area (Å²) in [5.74, 6) is 0.580. The van der Waals surface area contributed by atoms with Crippen LogP contribution in [-0.2, 0) is 0 Å². The van der Waals surface area contributed by atoms with Gasteiger partial charge in [-0.05, 0) is 130 Å². The van der Waals surface area contributed by atoms with Crippen molar-refractivity contribution in [1.82, 2.24) is 4.57 Å². The molecule has 12 aromatic rings. The number of benzene rings is 10. The number of hydrogen-bond acceptors (Lipinski definition) is 2. The van der Waals surface area contributed by atoms with Gasteiger partial charge in [0.25, 0.3) is 0 Å². The zero-order valence-corrected chi connectivity index (χ0v) is 38.1. The highest BCUT2D eigenvalue weighted by molar-refractivity contribution is 7.26. The van der Waals surface area contributed by atoms with Crippen molar-refractivity contribution in [3.63, 3.8) is 0 Å². The average Bonchev–Trinajstić information content (AvgIpc) is 3.95. The molecule has 1 saturated carbocycles. The monoisotopic (exact) mass is 876 g/mol. The van der Waals surface area contributed by atoms with E-state index in [1.807, 2.05) is 11.3 Å². The molecule has 1 fully saturated rings. The maximum atomic E-state index is 2.49. The topological polar surface area (TPSA) is 8.17 Å². The van der Waals surface area contributed by atoms with E-state index in [1.54, 1.807) is 0 Å². The summed E-state index contributed by atoms with van der Waals surface area (Å²) in [5.41, 5.74) is 15.9. The van der Waals surface area contributed by atoms with E-state index >= 15 is 0 Å². The second-order valence-corrected chi connectivity index (χ2v) is 19.3. The predicted molar refractivity (Wildman–Crippen MR) is 288 cm³/mol. The van der Waals surface area contributed by atoms with E-state index in [1.165, 1.54) is 129 Å². The molecule has 0 N–H and O–H groups in total. The van der Waals surface area contributed by atoms with E-state index in [0.29, 0.717) is 5.92 Å². The molecule has 2 nitrogen and oxygen atoms in total. The lowest BCUT2D eigenvalue weighted by molar-refractivity contribution is 0.445. The Balaban J connectivity index is 0.975. The molecule has 0 amide bonds. The van der Waals surface area contributed by atoms with Crippen LogP contribution in [-0.4, -0.2) is 4.57 Å². The number of rotatable bonds is 8. The van der Waals surface area contributed by atoms with Crippen LogP contribution in [0.5, 0.6) is 0 Å². The van der Waals surface area contributed by atoms with Crippen molar-refractivity contribution in [1.29, 1.82) is 0 Å². The van der Waals surface area contributed by atoms with Gasteiger partial charge >= 0.3 is 0 Å². The van der Waals surface area contributed by atoms with Gasteiger partial charge in [-0.2, -0.15) is 0 Å². The standard InChI is InChI=1S/C64H48N2S/c1-3-17-44(18-4-1)51-28-14-19-45-20-15-30-56(63(45)51)53-25-7-10-32-59(53)65(50-24-13-21-47(41-50)52-29-16-31-57-55-27-9-12-34-62(55)67-64(52)57)49-38-35-43(36-39-49)46-37-40-61-58(42-46)54-26-8-11-33-60(54)66(61)48-22-5-2-6-23-48/h2,5-16,19-42,44H,1,3-4,17-18H2. The molecule has 0 saturated heterocycles. The van der Waals surface area contributed by atoms with Crippen LogP contribution < -0.4 is 4.90 Å². The van der Waals surface area contributed by atoms with Crippen LogP contribution >= 0.6 is 11.3 Å². The summed E-state index contributed by atoms with van der Waals surface area (Å²) in [7, 11) is 0.